The predicted molar refractivity (Wildman–Crippen MR) is 69.1 cm³/mol. The minimum Gasteiger partial charge on any atom is -0.426 e. The fourth-order valence-corrected chi connectivity index (χ4v) is 1.96. The molecule has 2 aliphatic rings. The number of hydrogen-bond acceptors (Lipinski definition) is 6. The van der Waals surface area contributed by atoms with E-state index < -0.39 is 24.5 Å². The average molecular weight is 364 g/mol. The Kier molecular flexibility index (Phi) is 5.17. The number of rotatable bonds is 5. The van der Waals surface area contributed by atoms with Gasteiger partial charge < -0.3 is 18.9 Å². The van der Waals surface area contributed by atoms with Crippen LogP contribution in [0, 0.1) is 0 Å². The second-order valence-electron chi connectivity index (χ2n) is 3.54. The van der Waals surface area contributed by atoms with Crippen LogP contribution in [0.25, 0.3) is 0 Å². The van der Waals surface area contributed by atoms with Crippen molar-refractivity contribution in [1.82, 2.24) is 0 Å². The Morgan fingerprint density at radius 1 is 0.800 bits per heavy atom. The minimum absolute atomic E-state index is 0.00578. The largest absolute Gasteiger partial charge is 0.426 e. The van der Waals surface area contributed by atoms with Crippen LogP contribution in [0.3, 0.4) is 0 Å². The summed E-state index contributed by atoms with van der Waals surface area (Å²) in [6, 6.07) is 0. The van der Waals surface area contributed by atoms with Gasteiger partial charge in [0.25, 0.3) is 0 Å². The lowest BCUT2D eigenvalue weighted by Gasteiger charge is -2.14. The quantitative estimate of drug-likeness (QED) is 0.550. The number of carbonyl (C=O) groups excluding carboxylic acids is 2. The van der Waals surface area contributed by atoms with Gasteiger partial charge in [0.2, 0.25) is 12.6 Å². The summed E-state index contributed by atoms with van der Waals surface area (Å²) in [6.07, 6.45) is -2.14. The van der Waals surface area contributed by atoms with E-state index in [2.05, 4.69) is 0 Å². The van der Waals surface area contributed by atoms with Gasteiger partial charge in [-0.1, -0.05) is 46.4 Å². The molecule has 0 aromatic heterocycles. The third kappa shape index (κ3) is 3.21. The molecule has 10 heteroatoms. The van der Waals surface area contributed by atoms with Crippen LogP contribution < -0.4 is 0 Å². The zero-order valence-corrected chi connectivity index (χ0v) is 12.6. The molecule has 0 N–H and O–H groups in total. The molecule has 110 valence electrons. The SMILES string of the molecule is O=C1OC(OCCOC2OC(=O)C(Cl)=C2Cl)C(Cl)=C1Cl. The molecule has 0 bridgehead atoms. The molecule has 0 amide bonds. The summed E-state index contributed by atoms with van der Waals surface area (Å²) in [5.74, 6) is -1.52. The van der Waals surface area contributed by atoms with Crippen molar-refractivity contribution in [1.29, 1.82) is 0 Å². The van der Waals surface area contributed by atoms with Crippen LogP contribution in [0.4, 0.5) is 0 Å². The van der Waals surface area contributed by atoms with E-state index in [-0.39, 0.29) is 33.3 Å². The van der Waals surface area contributed by atoms with Gasteiger partial charge in [0.15, 0.2) is 0 Å². The molecule has 6 nitrogen and oxygen atoms in total. The maximum atomic E-state index is 11.0. The van der Waals surface area contributed by atoms with Gasteiger partial charge in [0.05, 0.1) is 13.2 Å². The van der Waals surface area contributed by atoms with Crippen molar-refractivity contribution in [2.24, 2.45) is 0 Å². The smallest absolute Gasteiger partial charge is 0.353 e. The first-order valence-electron chi connectivity index (χ1n) is 5.17. The highest BCUT2D eigenvalue weighted by Crippen LogP contribution is 2.30. The van der Waals surface area contributed by atoms with Crippen molar-refractivity contribution in [3.63, 3.8) is 0 Å². The van der Waals surface area contributed by atoms with Crippen molar-refractivity contribution in [2.75, 3.05) is 13.2 Å². The molecule has 0 saturated heterocycles. The topological polar surface area (TPSA) is 71.1 Å². The van der Waals surface area contributed by atoms with Crippen molar-refractivity contribution in [3.05, 3.63) is 20.1 Å². The second kappa shape index (κ2) is 6.51. The van der Waals surface area contributed by atoms with Gasteiger partial charge >= 0.3 is 11.9 Å². The molecule has 2 unspecified atom stereocenters. The van der Waals surface area contributed by atoms with Gasteiger partial charge in [0.1, 0.15) is 20.1 Å². The van der Waals surface area contributed by atoms with E-state index in [1.807, 2.05) is 0 Å². The van der Waals surface area contributed by atoms with E-state index in [1.165, 1.54) is 0 Å². The van der Waals surface area contributed by atoms with E-state index in [1.54, 1.807) is 0 Å². The molecular weight excluding hydrogens is 358 g/mol. The van der Waals surface area contributed by atoms with Crippen LogP contribution in [0.2, 0.25) is 0 Å². The Labute approximate surface area is 133 Å². The summed E-state index contributed by atoms with van der Waals surface area (Å²) < 4.78 is 19.7. The fraction of sp³-hybridized carbons (Fsp3) is 0.400. The zero-order valence-electron chi connectivity index (χ0n) is 9.53. The van der Waals surface area contributed by atoms with E-state index in [0.29, 0.717) is 0 Å². The molecule has 2 rings (SSSR count). The van der Waals surface area contributed by atoms with Crippen LogP contribution in [0.1, 0.15) is 0 Å². The van der Waals surface area contributed by atoms with Crippen molar-refractivity contribution in [2.45, 2.75) is 12.6 Å². The summed E-state index contributed by atoms with van der Waals surface area (Å²) in [6.45, 7) is -0.0116. The van der Waals surface area contributed by atoms with Crippen LogP contribution in [0.15, 0.2) is 20.1 Å². The first-order valence-corrected chi connectivity index (χ1v) is 6.68. The van der Waals surface area contributed by atoms with Gasteiger partial charge in [-0.3, -0.25) is 0 Å². The van der Waals surface area contributed by atoms with E-state index in [4.69, 9.17) is 65.4 Å². The first kappa shape index (κ1) is 15.9. The van der Waals surface area contributed by atoms with Crippen molar-refractivity contribution >= 4 is 58.3 Å². The fourth-order valence-electron chi connectivity index (χ4n) is 1.33. The number of ether oxygens (including phenoxy) is 4. The van der Waals surface area contributed by atoms with Crippen LogP contribution >= 0.6 is 46.4 Å². The summed E-state index contributed by atoms with van der Waals surface area (Å²) in [7, 11) is 0. The van der Waals surface area contributed by atoms with Crippen molar-refractivity contribution in [3.8, 4) is 0 Å². The molecule has 0 saturated carbocycles. The maximum absolute atomic E-state index is 11.0. The number of esters is 2. The maximum Gasteiger partial charge on any atom is 0.353 e. The normalized spacial score (nSPS) is 26.4. The lowest BCUT2D eigenvalue weighted by molar-refractivity contribution is -0.172. The van der Waals surface area contributed by atoms with E-state index in [0.717, 1.165) is 0 Å². The van der Waals surface area contributed by atoms with Crippen LogP contribution in [-0.4, -0.2) is 37.7 Å². The number of hydrogen-bond donors (Lipinski definition) is 0. The summed E-state index contributed by atoms with van der Waals surface area (Å²) in [5.41, 5.74) is 0. The Morgan fingerprint density at radius 2 is 1.15 bits per heavy atom. The van der Waals surface area contributed by atoms with E-state index in [9.17, 15) is 9.59 Å². The standard InChI is InChI=1S/C10H6Cl4O6/c11-3-5(13)9(19-7(3)15)17-1-2-18-10-6(14)4(12)8(16)20-10/h9-10H,1-2H2. The molecule has 0 fully saturated rings. The predicted octanol–water partition coefficient (Wildman–Crippen LogP) is 2.16. The third-order valence-electron chi connectivity index (χ3n) is 2.24. The highest BCUT2D eigenvalue weighted by Gasteiger charge is 2.34. The summed E-state index contributed by atoms with van der Waals surface area (Å²) in [4.78, 5) is 22.1. The van der Waals surface area contributed by atoms with Gasteiger partial charge in [-0.25, -0.2) is 9.59 Å². The molecular formula is C10H6Cl4O6. The van der Waals surface area contributed by atoms with Crippen molar-refractivity contribution < 1.29 is 28.5 Å². The Hall–Kier alpha value is -0.500. The third-order valence-corrected chi connectivity index (χ3v) is 3.89. The first-order chi connectivity index (χ1) is 9.41. The second-order valence-corrected chi connectivity index (χ2v) is 5.11. The number of carbonyl (C=O) groups is 2. The lowest BCUT2D eigenvalue weighted by Crippen LogP contribution is -2.21. The molecule has 2 aliphatic heterocycles. The Bertz CT molecular complexity index is 468. The van der Waals surface area contributed by atoms with Gasteiger partial charge in [-0.15, -0.1) is 0 Å². The molecule has 2 atom stereocenters. The monoisotopic (exact) mass is 362 g/mol. The molecule has 0 aliphatic carbocycles. The highest BCUT2D eigenvalue weighted by atomic mass is 35.5. The minimum atomic E-state index is -1.07. The average Bonchev–Trinajstić information content (AvgIpc) is 2.80. The Morgan fingerprint density at radius 3 is 1.40 bits per heavy atom. The lowest BCUT2D eigenvalue weighted by atomic mass is 10.5. The zero-order chi connectivity index (χ0) is 14.9. The number of halogens is 4. The summed E-state index contributed by atoms with van der Waals surface area (Å²) in [5, 5.41) is -0.519. The van der Waals surface area contributed by atoms with Gasteiger partial charge in [-0.05, 0) is 0 Å². The highest BCUT2D eigenvalue weighted by molar-refractivity contribution is 6.49. The number of cyclic esters (lactones) is 2. The van der Waals surface area contributed by atoms with Crippen LogP contribution in [-0.2, 0) is 28.5 Å². The van der Waals surface area contributed by atoms with Gasteiger partial charge in [0, 0.05) is 0 Å². The summed E-state index contributed by atoms with van der Waals surface area (Å²) >= 11 is 22.5. The molecule has 0 aromatic carbocycles. The molecule has 0 aromatic rings. The Balaban J connectivity index is 1.74. The van der Waals surface area contributed by atoms with Crippen LogP contribution in [0.5, 0.6) is 0 Å². The van der Waals surface area contributed by atoms with Gasteiger partial charge in [-0.2, -0.15) is 0 Å². The molecule has 0 spiro atoms. The molecule has 0 radical (unpaired) electrons. The molecule has 2 heterocycles. The van der Waals surface area contributed by atoms with E-state index >= 15 is 0 Å². The molecule has 20 heavy (non-hydrogen) atoms.